The Kier molecular flexibility index (Phi) is 4.67. The summed E-state index contributed by atoms with van der Waals surface area (Å²) in [5, 5.41) is 10.6. The minimum absolute atomic E-state index is 0.0578. The summed E-state index contributed by atoms with van der Waals surface area (Å²) in [6.45, 7) is 0.519. The molecule has 0 spiro atoms. The first-order valence-corrected chi connectivity index (χ1v) is 6.57. The van der Waals surface area contributed by atoms with Crippen LogP contribution in [0.5, 0.6) is 5.75 Å². The molecule has 1 heterocycles. The number of nitro benzene ring substituents is 1. The molecule has 0 aliphatic rings. The highest BCUT2D eigenvalue weighted by Gasteiger charge is 2.11. The Morgan fingerprint density at radius 1 is 1.27 bits per heavy atom. The van der Waals surface area contributed by atoms with E-state index >= 15 is 0 Å². The van der Waals surface area contributed by atoms with Crippen LogP contribution in [-0.2, 0) is 6.54 Å². The lowest BCUT2D eigenvalue weighted by molar-refractivity contribution is -0.688. The van der Waals surface area contributed by atoms with Crippen molar-refractivity contribution >= 4 is 11.8 Å². The molecule has 1 aromatic carbocycles. The summed E-state index contributed by atoms with van der Waals surface area (Å²) in [6.07, 6.45) is 3.07. The molecule has 114 valence electrons. The maximum atomic E-state index is 11.5. The fraction of sp³-hybridized carbons (Fsp3) is 0.200. The van der Waals surface area contributed by atoms with Gasteiger partial charge < -0.3 is 9.64 Å². The molecule has 1 amide bonds. The van der Waals surface area contributed by atoms with Crippen molar-refractivity contribution in [3.63, 3.8) is 0 Å². The van der Waals surface area contributed by atoms with Crippen molar-refractivity contribution in [2.24, 2.45) is 0 Å². The van der Waals surface area contributed by atoms with Crippen LogP contribution in [0.4, 0.5) is 10.5 Å². The summed E-state index contributed by atoms with van der Waals surface area (Å²) in [7, 11) is 3.21. The smallest absolute Gasteiger partial charge is 0.404 e. The zero-order chi connectivity index (χ0) is 16.1. The number of rotatable bonds is 4. The highest BCUT2D eigenvalue weighted by Crippen LogP contribution is 2.12. The third-order valence-corrected chi connectivity index (χ3v) is 2.91. The van der Waals surface area contributed by atoms with E-state index in [9.17, 15) is 14.9 Å². The molecule has 7 nitrogen and oxygen atoms in total. The second-order valence-electron chi connectivity index (χ2n) is 4.90. The van der Waals surface area contributed by atoms with E-state index in [2.05, 4.69) is 0 Å². The van der Waals surface area contributed by atoms with Crippen LogP contribution < -0.4 is 9.30 Å². The highest BCUT2D eigenvalue weighted by molar-refractivity contribution is 5.69. The number of pyridine rings is 1. The SMILES string of the molecule is CN(C)C(=O)Oc1ccc[n+](Cc2ccc([N+](=O)[O-])cc2)c1. The van der Waals surface area contributed by atoms with Crippen molar-refractivity contribution in [2.75, 3.05) is 14.1 Å². The molecule has 0 aliphatic heterocycles. The second kappa shape index (κ2) is 6.66. The van der Waals surface area contributed by atoms with Crippen LogP contribution in [0.3, 0.4) is 0 Å². The van der Waals surface area contributed by atoms with Gasteiger partial charge in [-0.3, -0.25) is 10.1 Å². The van der Waals surface area contributed by atoms with Gasteiger partial charge in [-0.2, -0.15) is 4.57 Å². The predicted octanol–water partition coefficient (Wildman–Crippen LogP) is 1.99. The summed E-state index contributed by atoms with van der Waals surface area (Å²) in [6, 6.07) is 9.78. The lowest BCUT2D eigenvalue weighted by atomic mass is 10.2. The molecule has 0 unspecified atom stereocenters. The molecular weight excluding hydrogens is 286 g/mol. The standard InChI is InChI=1S/C15H16N3O4/c1-16(2)15(19)22-14-4-3-9-17(11-14)10-12-5-7-13(8-6-12)18(20)21/h3-9,11H,10H2,1-2H3/q+1. The van der Waals surface area contributed by atoms with Gasteiger partial charge in [0.05, 0.1) is 4.92 Å². The number of carbonyl (C=O) groups is 1. The Morgan fingerprint density at radius 2 is 1.95 bits per heavy atom. The van der Waals surface area contributed by atoms with Gasteiger partial charge >= 0.3 is 6.09 Å². The van der Waals surface area contributed by atoms with Crippen LogP contribution in [0.2, 0.25) is 0 Å². The summed E-state index contributed by atoms with van der Waals surface area (Å²) in [4.78, 5) is 23.0. The van der Waals surface area contributed by atoms with Crippen molar-refractivity contribution in [1.82, 2.24) is 4.90 Å². The number of carbonyl (C=O) groups excluding carboxylic acids is 1. The van der Waals surface area contributed by atoms with Crippen LogP contribution in [-0.4, -0.2) is 30.0 Å². The molecule has 0 radical (unpaired) electrons. The molecule has 1 aromatic heterocycles. The first kappa shape index (κ1) is 15.4. The number of hydrogen-bond acceptors (Lipinski definition) is 4. The number of non-ortho nitro benzene ring substituents is 1. The average molecular weight is 302 g/mol. The lowest BCUT2D eigenvalue weighted by Crippen LogP contribution is -2.34. The Hall–Kier alpha value is -2.96. The number of ether oxygens (including phenoxy) is 1. The van der Waals surface area contributed by atoms with Gasteiger partial charge in [0.2, 0.25) is 6.20 Å². The monoisotopic (exact) mass is 302 g/mol. The molecule has 22 heavy (non-hydrogen) atoms. The molecule has 0 aliphatic carbocycles. The molecule has 0 N–H and O–H groups in total. The van der Waals surface area contributed by atoms with Crippen LogP contribution in [0.15, 0.2) is 48.8 Å². The average Bonchev–Trinajstić information content (AvgIpc) is 2.48. The summed E-state index contributed by atoms with van der Waals surface area (Å²) in [5.74, 6) is 0.433. The largest absolute Gasteiger partial charge is 0.414 e. The third-order valence-electron chi connectivity index (χ3n) is 2.91. The zero-order valence-electron chi connectivity index (χ0n) is 12.3. The Morgan fingerprint density at radius 3 is 2.55 bits per heavy atom. The Bertz CT molecular complexity index is 683. The van der Waals surface area contributed by atoms with E-state index in [1.807, 2.05) is 10.8 Å². The van der Waals surface area contributed by atoms with Crippen molar-refractivity contribution in [2.45, 2.75) is 6.54 Å². The quantitative estimate of drug-likeness (QED) is 0.491. The Balaban J connectivity index is 2.09. The molecule has 0 bridgehead atoms. The lowest BCUT2D eigenvalue weighted by Gasteiger charge is -2.09. The maximum Gasteiger partial charge on any atom is 0.414 e. The fourth-order valence-electron chi connectivity index (χ4n) is 1.78. The molecule has 2 aromatic rings. The van der Waals surface area contributed by atoms with E-state index < -0.39 is 11.0 Å². The molecule has 7 heteroatoms. The number of nitrogens with zero attached hydrogens (tertiary/aromatic N) is 3. The van der Waals surface area contributed by atoms with Crippen molar-refractivity contribution < 1.29 is 19.0 Å². The number of nitro groups is 1. The van der Waals surface area contributed by atoms with E-state index in [0.717, 1.165) is 5.56 Å². The number of hydrogen-bond donors (Lipinski definition) is 0. The zero-order valence-corrected chi connectivity index (χ0v) is 12.3. The summed E-state index contributed by atoms with van der Waals surface area (Å²) >= 11 is 0. The van der Waals surface area contributed by atoms with Gasteiger partial charge in [-0.15, -0.1) is 0 Å². The number of aromatic nitrogens is 1. The van der Waals surface area contributed by atoms with Crippen LogP contribution in [0, 0.1) is 10.1 Å². The molecule has 0 saturated heterocycles. The van der Waals surface area contributed by atoms with Gasteiger partial charge in [0.1, 0.15) is 0 Å². The van der Waals surface area contributed by atoms with Crippen molar-refractivity contribution in [1.29, 1.82) is 0 Å². The van der Waals surface area contributed by atoms with Gasteiger partial charge in [0.15, 0.2) is 18.5 Å². The second-order valence-corrected chi connectivity index (χ2v) is 4.90. The summed E-state index contributed by atoms with van der Waals surface area (Å²) in [5.41, 5.74) is 0.967. The first-order valence-electron chi connectivity index (χ1n) is 6.57. The minimum atomic E-state index is -0.451. The molecule has 0 fully saturated rings. The van der Waals surface area contributed by atoms with Crippen molar-refractivity contribution in [3.8, 4) is 5.75 Å². The maximum absolute atomic E-state index is 11.5. The first-order chi connectivity index (χ1) is 10.5. The van der Waals surface area contributed by atoms with Crippen molar-refractivity contribution in [3.05, 3.63) is 64.5 Å². The predicted molar refractivity (Wildman–Crippen MR) is 78.5 cm³/mol. The van der Waals surface area contributed by atoms with E-state index in [4.69, 9.17) is 4.74 Å². The van der Waals surface area contributed by atoms with E-state index in [-0.39, 0.29) is 5.69 Å². The van der Waals surface area contributed by atoms with E-state index in [1.54, 1.807) is 44.6 Å². The topological polar surface area (TPSA) is 76.6 Å². The van der Waals surface area contributed by atoms with Crippen LogP contribution in [0.25, 0.3) is 0 Å². The normalized spacial score (nSPS) is 10.1. The summed E-state index contributed by atoms with van der Waals surface area (Å²) < 4.78 is 7.01. The molecule has 2 rings (SSSR count). The molecule has 0 saturated carbocycles. The van der Waals surface area contributed by atoms with Gasteiger partial charge in [-0.05, 0) is 18.2 Å². The number of amides is 1. The molecule has 0 atom stereocenters. The Labute approximate surface area is 127 Å². The van der Waals surface area contributed by atoms with Gasteiger partial charge in [0.25, 0.3) is 5.69 Å². The fourth-order valence-corrected chi connectivity index (χ4v) is 1.78. The van der Waals surface area contributed by atoms with Gasteiger partial charge in [-0.25, -0.2) is 4.79 Å². The highest BCUT2D eigenvalue weighted by atomic mass is 16.6. The van der Waals surface area contributed by atoms with Gasteiger partial charge in [0, 0.05) is 37.9 Å². The van der Waals surface area contributed by atoms with E-state index in [1.165, 1.54) is 17.0 Å². The van der Waals surface area contributed by atoms with Crippen LogP contribution >= 0.6 is 0 Å². The molecular formula is C15H16N3O4+. The third kappa shape index (κ3) is 4.02. The van der Waals surface area contributed by atoms with E-state index in [0.29, 0.717) is 12.3 Å². The minimum Gasteiger partial charge on any atom is -0.404 e. The van der Waals surface area contributed by atoms with Gasteiger partial charge in [-0.1, -0.05) is 0 Å². The van der Waals surface area contributed by atoms with Crippen LogP contribution in [0.1, 0.15) is 5.56 Å². The number of benzene rings is 1.